The van der Waals surface area contributed by atoms with Crippen LogP contribution in [0.15, 0.2) is 108 Å². The molecule has 0 saturated heterocycles. The lowest BCUT2D eigenvalue weighted by Gasteiger charge is -2.31. The monoisotopic (exact) mass is 541 g/mol. The topological polar surface area (TPSA) is 92.6 Å². The highest BCUT2D eigenvalue weighted by Gasteiger charge is 2.31. The van der Waals surface area contributed by atoms with Crippen molar-refractivity contribution in [3.8, 4) is 0 Å². The van der Waals surface area contributed by atoms with Crippen LogP contribution in [0.1, 0.15) is 45.2 Å². The molecule has 0 radical (unpaired) electrons. The zero-order valence-corrected chi connectivity index (χ0v) is 23.1. The molecule has 0 amide bonds. The third kappa shape index (κ3) is 5.83. The zero-order chi connectivity index (χ0) is 28.2. The summed E-state index contributed by atoms with van der Waals surface area (Å²) in [4.78, 5) is 23.6. The maximum atomic E-state index is 13.9. The van der Waals surface area contributed by atoms with E-state index < -0.39 is 6.04 Å². The first kappa shape index (κ1) is 26.3. The SMILES string of the molecule is Cc1cc2cc(C(c3nnnn3Cc3ccccc3)N(Cc3ccccc3)Cc3cccnc3)c(=O)[nH]c2cc1C. The maximum Gasteiger partial charge on any atom is 0.253 e. The molecule has 204 valence electrons. The van der Waals surface area contributed by atoms with Gasteiger partial charge in [-0.25, -0.2) is 4.68 Å². The molecule has 3 aromatic heterocycles. The second-order valence-corrected chi connectivity index (χ2v) is 10.4. The van der Waals surface area contributed by atoms with E-state index in [1.54, 1.807) is 10.9 Å². The number of aryl methyl sites for hydroxylation is 2. The summed E-state index contributed by atoms with van der Waals surface area (Å²) in [5, 5.41) is 14.0. The van der Waals surface area contributed by atoms with Gasteiger partial charge < -0.3 is 4.98 Å². The number of hydrogen-bond acceptors (Lipinski definition) is 6. The van der Waals surface area contributed by atoms with Crippen molar-refractivity contribution in [2.75, 3.05) is 0 Å². The van der Waals surface area contributed by atoms with Crippen molar-refractivity contribution in [1.82, 2.24) is 35.1 Å². The van der Waals surface area contributed by atoms with Gasteiger partial charge in [-0.1, -0.05) is 66.7 Å². The molecule has 3 aromatic carbocycles. The molecule has 0 spiro atoms. The molecule has 0 saturated carbocycles. The highest BCUT2D eigenvalue weighted by Crippen LogP contribution is 2.30. The zero-order valence-electron chi connectivity index (χ0n) is 23.1. The van der Waals surface area contributed by atoms with Gasteiger partial charge >= 0.3 is 0 Å². The third-order valence-electron chi connectivity index (χ3n) is 7.46. The molecule has 41 heavy (non-hydrogen) atoms. The summed E-state index contributed by atoms with van der Waals surface area (Å²) in [7, 11) is 0. The average molecular weight is 542 g/mol. The second-order valence-electron chi connectivity index (χ2n) is 10.4. The number of H-pyrrole nitrogens is 1. The number of hydrogen-bond donors (Lipinski definition) is 1. The summed E-state index contributed by atoms with van der Waals surface area (Å²) in [6.07, 6.45) is 3.63. The predicted molar refractivity (Wildman–Crippen MR) is 159 cm³/mol. The van der Waals surface area contributed by atoms with Crippen LogP contribution in [0.2, 0.25) is 0 Å². The van der Waals surface area contributed by atoms with Crippen molar-refractivity contribution in [3.63, 3.8) is 0 Å². The molecule has 1 unspecified atom stereocenters. The predicted octanol–water partition coefficient (Wildman–Crippen LogP) is 5.37. The molecular formula is C33H31N7O. The summed E-state index contributed by atoms with van der Waals surface area (Å²) in [5.41, 5.74) is 6.75. The quantitative estimate of drug-likeness (QED) is 0.265. The fourth-order valence-electron chi connectivity index (χ4n) is 5.25. The number of pyridine rings is 2. The third-order valence-corrected chi connectivity index (χ3v) is 7.46. The first-order valence-electron chi connectivity index (χ1n) is 13.7. The van der Waals surface area contributed by atoms with E-state index in [-0.39, 0.29) is 5.56 Å². The van der Waals surface area contributed by atoms with E-state index in [4.69, 9.17) is 0 Å². The first-order chi connectivity index (χ1) is 20.0. The Bertz CT molecular complexity index is 1770. The van der Waals surface area contributed by atoms with Crippen LogP contribution in [0.5, 0.6) is 0 Å². The van der Waals surface area contributed by atoms with Gasteiger partial charge in [-0.15, -0.1) is 5.10 Å². The number of benzene rings is 3. The smallest absolute Gasteiger partial charge is 0.253 e. The number of aromatic amines is 1. The lowest BCUT2D eigenvalue weighted by Crippen LogP contribution is -2.35. The van der Waals surface area contributed by atoms with Crippen molar-refractivity contribution in [2.45, 2.75) is 39.5 Å². The molecule has 0 aliphatic rings. The molecule has 1 atom stereocenters. The van der Waals surface area contributed by atoms with Gasteiger partial charge in [-0.2, -0.15) is 0 Å². The van der Waals surface area contributed by atoms with Gasteiger partial charge in [-0.05, 0) is 81.7 Å². The van der Waals surface area contributed by atoms with Gasteiger partial charge in [0.2, 0.25) is 0 Å². The molecule has 0 aliphatic heterocycles. The van der Waals surface area contributed by atoms with E-state index in [1.807, 2.05) is 79.0 Å². The molecule has 8 nitrogen and oxygen atoms in total. The molecular weight excluding hydrogens is 510 g/mol. The fourth-order valence-corrected chi connectivity index (χ4v) is 5.25. The van der Waals surface area contributed by atoms with Gasteiger partial charge in [0.05, 0.1) is 6.54 Å². The summed E-state index contributed by atoms with van der Waals surface area (Å²) >= 11 is 0. The Morgan fingerprint density at radius 1 is 0.829 bits per heavy atom. The van der Waals surface area contributed by atoms with Crippen LogP contribution in [-0.4, -0.2) is 35.1 Å². The Balaban J connectivity index is 1.54. The Kier molecular flexibility index (Phi) is 7.47. The van der Waals surface area contributed by atoms with Gasteiger partial charge in [0.15, 0.2) is 5.82 Å². The van der Waals surface area contributed by atoms with E-state index >= 15 is 0 Å². The number of fused-ring (bicyclic) bond motifs is 1. The van der Waals surface area contributed by atoms with Crippen molar-refractivity contribution in [2.24, 2.45) is 0 Å². The van der Waals surface area contributed by atoms with Crippen LogP contribution < -0.4 is 5.56 Å². The highest BCUT2D eigenvalue weighted by atomic mass is 16.1. The minimum Gasteiger partial charge on any atom is -0.322 e. The fraction of sp³-hybridized carbons (Fsp3) is 0.182. The molecule has 0 bridgehead atoms. The van der Waals surface area contributed by atoms with Crippen molar-refractivity contribution in [1.29, 1.82) is 0 Å². The number of nitrogens with one attached hydrogen (secondary N) is 1. The van der Waals surface area contributed by atoms with Gasteiger partial charge in [0.1, 0.15) is 6.04 Å². The van der Waals surface area contributed by atoms with E-state index in [0.29, 0.717) is 31.0 Å². The number of rotatable bonds is 9. The lowest BCUT2D eigenvalue weighted by molar-refractivity contribution is 0.194. The summed E-state index contributed by atoms with van der Waals surface area (Å²) in [6, 6.07) is 29.9. The van der Waals surface area contributed by atoms with E-state index in [2.05, 4.69) is 62.4 Å². The van der Waals surface area contributed by atoms with Crippen molar-refractivity contribution >= 4 is 10.9 Å². The maximum absolute atomic E-state index is 13.9. The van der Waals surface area contributed by atoms with Crippen LogP contribution in [0.3, 0.4) is 0 Å². The molecule has 6 aromatic rings. The van der Waals surface area contributed by atoms with Gasteiger partial charge in [-0.3, -0.25) is 14.7 Å². The Labute approximate surface area is 238 Å². The second kappa shape index (κ2) is 11.7. The van der Waals surface area contributed by atoms with Crippen molar-refractivity contribution < 1.29 is 0 Å². The van der Waals surface area contributed by atoms with Crippen LogP contribution in [0.4, 0.5) is 0 Å². The number of tetrazole rings is 1. The molecule has 1 N–H and O–H groups in total. The summed E-state index contributed by atoms with van der Waals surface area (Å²) < 4.78 is 1.80. The van der Waals surface area contributed by atoms with Crippen molar-refractivity contribution in [3.05, 3.63) is 153 Å². The largest absolute Gasteiger partial charge is 0.322 e. The Morgan fingerprint density at radius 3 is 2.24 bits per heavy atom. The van der Waals surface area contributed by atoms with Crippen LogP contribution in [0.25, 0.3) is 10.9 Å². The minimum absolute atomic E-state index is 0.163. The summed E-state index contributed by atoms with van der Waals surface area (Å²) in [5.74, 6) is 0.599. The normalized spacial score (nSPS) is 12.2. The highest BCUT2D eigenvalue weighted by molar-refractivity contribution is 5.81. The average Bonchev–Trinajstić information content (AvgIpc) is 3.43. The molecule has 8 heteroatoms. The molecule has 6 rings (SSSR count). The Morgan fingerprint density at radius 2 is 1.51 bits per heavy atom. The number of aromatic nitrogens is 6. The van der Waals surface area contributed by atoms with Crippen LogP contribution in [0, 0.1) is 13.8 Å². The molecule has 0 aliphatic carbocycles. The lowest BCUT2D eigenvalue weighted by atomic mass is 9.99. The number of nitrogens with zero attached hydrogens (tertiary/aromatic N) is 6. The first-order valence-corrected chi connectivity index (χ1v) is 13.7. The Hall–Kier alpha value is -4.95. The summed E-state index contributed by atoms with van der Waals surface area (Å²) in [6.45, 7) is 5.73. The van der Waals surface area contributed by atoms with Crippen LogP contribution in [-0.2, 0) is 19.6 Å². The minimum atomic E-state index is -0.538. The molecule has 3 heterocycles. The van der Waals surface area contributed by atoms with E-state index in [1.165, 1.54) is 0 Å². The van der Waals surface area contributed by atoms with Gasteiger partial charge in [0, 0.05) is 36.6 Å². The van der Waals surface area contributed by atoms with E-state index in [0.717, 1.165) is 38.7 Å². The van der Waals surface area contributed by atoms with E-state index in [9.17, 15) is 4.79 Å². The molecule has 0 fully saturated rings. The standard InChI is InChI=1S/C33H31N7O/c1-23-16-28-18-29(33(41)35-30(28)17-24(23)2)31(32-36-37-38-40(32)22-26-12-7-4-8-13-26)39(20-25-10-5-3-6-11-25)21-27-14-9-15-34-19-27/h3-19,31H,20-22H2,1-2H3,(H,35,41). The van der Waals surface area contributed by atoms with Gasteiger partial charge in [0.25, 0.3) is 5.56 Å². The van der Waals surface area contributed by atoms with Crippen LogP contribution >= 0.6 is 0 Å².